The van der Waals surface area contributed by atoms with Crippen LogP contribution in [0.2, 0.25) is 10.0 Å². The van der Waals surface area contributed by atoms with Gasteiger partial charge in [-0.25, -0.2) is 4.98 Å². The Morgan fingerprint density at radius 2 is 1.71 bits per heavy atom. The van der Waals surface area contributed by atoms with Crippen LogP contribution >= 0.6 is 57.6 Å². The Morgan fingerprint density at radius 3 is 2.47 bits per heavy atom. The number of nitrogens with one attached hydrogen (secondary N) is 2. The minimum atomic E-state index is -0.540. The zero-order chi connectivity index (χ0) is 26.5. The lowest BCUT2D eigenvalue weighted by atomic mass is 10.1. The number of carbonyl (C=O) groups is 2. The molecule has 0 fully saturated rings. The zero-order valence-corrected chi connectivity index (χ0v) is 23.5. The highest BCUT2D eigenvalue weighted by atomic mass is 35.5. The molecule has 2 amide bonds. The Kier molecular flexibility index (Phi) is 8.46. The number of thiazole rings is 1. The molecule has 0 spiro atoms. The van der Waals surface area contributed by atoms with Crippen LogP contribution < -0.4 is 10.6 Å². The molecular formula is C28H19Cl2N3O2S3. The van der Waals surface area contributed by atoms with Gasteiger partial charge in [-0.15, -0.1) is 34.4 Å². The van der Waals surface area contributed by atoms with Gasteiger partial charge in [0.2, 0.25) is 5.91 Å². The minimum absolute atomic E-state index is 0.185. The number of halogens is 2. The summed E-state index contributed by atoms with van der Waals surface area (Å²) in [5.41, 5.74) is 2.60. The quantitative estimate of drug-likeness (QED) is 0.176. The number of thiophene rings is 1. The summed E-state index contributed by atoms with van der Waals surface area (Å²) in [6.07, 6.45) is 0. The number of carbonyl (C=O) groups excluding carboxylic acids is 2. The first-order valence-electron chi connectivity index (χ1n) is 11.3. The molecule has 0 saturated carbocycles. The number of nitrogens with zero attached hydrogens (tertiary/aromatic N) is 1. The van der Waals surface area contributed by atoms with Crippen molar-refractivity contribution in [3.63, 3.8) is 0 Å². The summed E-state index contributed by atoms with van der Waals surface area (Å²) in [5, 5.41) is 10.5. The first-order valence-corrected chi connectivity index (χ1v) is 14.7. The van der Waals surface area contributed by atoms with Crippen LogP contribution in [0.15, 0.2) is 101 Å². The minimum Gasteiger partial charge on any atom is -0.322 e. The van der Waals surface area contributed by atoms with Crippen molar-refractivity contribution in [2.75, 3.05) is 10.6 Å². The van der Waals surface area contributed by atoms with Gasteiger partial charge in [-0.1, -0.05) is 65.7 Å². The Bertz CT molecular complexity index is 1570. The molecule has 5 nitrogen and oxygen atoms in total. The summed E-state index contributed by atoms with van der Waals surface area (Å²) in [5.74, 6) is -0.535. The Morgan fingerprint density at radius 1 is 0.868 bits per heavy atom. The van der Waals surface area contributed by atoms with Gasteiger partial charge in [0.15, 0.2) is 5.13 Å². The van der Waals surface area contributed by atoms with Crippen molar-refractivity contribution < 1.29 is 9.59 Å². The fraction of sp³-hybridized carbons (Fsp3) is 0.0357. The Balaban J connectivity index is 1.34. The van der Waals surface area contributed by atoms with Crippen molar-refractivity contribution in [2.45, 2.75) is 10.1 Å². The average molecular weight is 597 g/mol. The summed E-state index contributed by atoms with van der Waals surface area (Å²) in [4.78, 5) is 32.7. The lowest BCUT2D eigenvalue weighted by Crippen LogP contribution is -2.19. The SMILES string of the molecule is O=C(Nc1cccc(SC(C(=O)Nc2nc(-c3cccs3)cs2)c2ccccc2)c1)c1ccc(Cl)cc1Cl. The van der Waals surface area contributed by atoms with Crippen LogP contribution in [-0.2, 0) is 4.79 Å². The lowest BCUT2D eigenvalue weighted by Gasteiger charge is -2.17. The second-order valence-corrected chi connectivity index (χ2v) is 11.8. The van der Waals surface area contributed by atoms with Crippen LogP contribution in [0, 0.1) is 0 Å². The smallest absolute Gasteiger partial charge is 0.257 e. The number of hydrogen-bond donors (Lipinski definition) is 2. The van der Waals surface area contributed by atoms with E-state index in [2.05, 4.69) is 15.6 Å². The summed E-state index contributed by atoms with van der Waals surface area (Å²) in [6.45, 7) is 0. The number of thioether (sulfide) groups is 1. The van der Waals surface area contributed by atoms with E-state index in [1.54, 1.807) is 29.5 Å². The van der Waals surface area contributed by atoms with E-state index in [1.807, 2.05) is 71.4 Å². The van der Waals surface area contributed by atoms with Crippen molar-refractivity contribution in [3.8, 4) is 10.6 Å². The van der Waals surface area contributed by atoms with E-state index in [0.29, 0.717) is 21.4 Å². The molecule has 1 atom stereocenters. The fourth-order valence-electron chi connectivity index (χ4n) is 3.60. The molecule has 0 saturated heterocycles. The Labute approximate surface area is 241 Å². The number of hydrogen-bond acceptors (Lipinski definition) is 6. The van der Waals surface area contributed by atoms with Crippen LogP contribution in [0.5, 0.6) is 0 Å². The van der Waals surface area contributed by atoms with E-state index >= 15 is 0 Å². The van der Waals surface area contributed by atoms with Gasteiger partial charge in [-0.05, 0) is 53.4 Å². The van der Waals surface area contributed by atoms with Crippen LogP contribution in [0.25, 0.3) is 10.6 Å². The molecule has 190 valence electrons. The van der Waals surface area contributed by atoms with Crippen molar-refractivity contribution in [2.24, 2.45) is 0 Å². The van der Waals surface area contributed by atoms with E-state index < -0.39 is 5.25 Å². The third kappa shape index (κ3) is 6.46. The molecule has 5 rings (SSSR count). The standard InChI is InChI=1S/C28H19Cl2N3O2S3/c29-18-11-12-21(22(30)14-18)26(34)31-19-8-4-9-20(15-19)38-25(17-6-2-1-3-7-17)27(35)33-28-32-23(16-37-28)24-10-5-13-36-24/h1-16,25H,(H,31,34)(H,32,33,35). The van der Waals surface area contributed by atoms with Crippen molar-refractivity contribution in [3.05, 3.63) is 117 Å². The zero-order valence-electron chi connectivity index (χ0n) is 19.6. The van der Waals surface area contributed by atoms with E-state index in [4.69, 9.17) is 23.2 Å². The predicted octanol–water partition coefficient (Wildman–Crippen LogP) is 8.90. The third-order valence-electron chi connectivity index (χ3n) is 5.37. The largest absolute Gasteiger partial charge is 0.322 e. The molecule has 1 unspecified atom stereocenters. The molecule has 3 aromatic carbocycles. The van der Waals surface area contributed by atoms with Crippen LogP contribution in [-0.4, -0.2) is 16.8 Å². The highest BCUT2D eigenvalue weighted by Gasteiger charge is 2.23. The number of anilines is 2. The summed E-state index contributed by atoms with van der Waals surface area (Å²) >= 11 is 16.5. The predicted molar refractivity (Wildman–Crippen MR) is 160 cm³/mol. The second kappa shape index (κ2) is 12.1. The van der Waals surface area contributed by atoms with E-state index in [9.17, 15) is 9.59 Å². The maximum Gasteiger partial charge on any atom is 0.257 e. The molecule has 2 aromatic heterocycles. The van der Waals surface area contributed by atoms with Gasteiger partial charge >= 0.3 is 0 Å². The number of rotatable bonds is 8. The highest BCUT2D eigenvalue weighted by Crippen LogP contribution is 2.38. The Hall–Kier alpha value is -3.14. The van der Waals surface area contributed by atoms with Gasteiger partial charge in [-0.2, -0.15) is 0 Å². The summed E-state index contributed by atoms with van der Waals surface area (Å²) < 4.78 is 0. The van der Waals surface area contributed by atoms with E-state index in [1.165, 1.54) is 29.2 Å². The second-order valence-electron chi connectivity index (χ2n) is 8.02. The van der Waals surface area contributed by atoms with Gasteiger partial charge in [0.25, 0.3) is 5.91 Å². The fourth-order valence-corrected chi connectivity index (χ4v) is 6.65. The number of aromatic nitrogens is 1. The maximum absolute atomic E-state index is 13.5. The summed E-state index contributed by atoms with van der Waals surface area (Å²) in [6, 6.07) is 25.6. The third-order valence-corrected chi connectivity index (χ3v) is 8.82. The first kappa shape index (κ1) is 26.5. The maximum atomic E-state index is 13.5. The first-order chi connectivity index (χ1) is 18.5. The highest BCUT2D eigenvalue weighted by molar-refractivity contribution is 8.00. The molecule has 0 aliphatic rings. The van der Waals surface area contributed by atoms with Gasteiger partial charge in [0.1, 0.15) is 5.25 Å². The van der Waals surface area contributed by atoms with Crippen molar-refractivity contribution >= 4 is 80.3 Å². The number of benzene rings is 3. The molecule has 5 aromatic rings. The molecule has 38 heavy (non-hydrogen) atoms. The number of amides is 2. The molecule has 10 heteroatoms. The van der Waals surface area contributed by atoms with Gasteiger partial charge < -0.3 is 10.6 Å². The molecule has 0 aliphatic carbocycles. The molecule has 2 N–H and O–H groups in total. The average Bonchev–Trinajstić information content (AvgIpc) is 3.60. The topological polar surface area (TPSA) is 71.1 Å². The lowest BCUT2D eigenvalue weighted by molar-refractivity contribution is -0.115. The van der Waals surface area contributed by atoms with Gasteiger partial charge in [0.05, 0.1) is 21.2 Å². The molecule has 2 heterocycles. The van der Waals surface area contributed by atoms with Crippen molar-refractivity contribution in [1.82, 2.24) is 4.98 Å². The van der Waals surface area contributed by atoms with E-state index in [-0.39, 0.29) is 16.8 Å². The molecule has 0 aliphatic heterocycles. The monoisotopic (exact) mass is 595 g/mol. The molecular weight excluding hydrogens is 577 g/mol. The van der Waals surface area contributed by atoms with E-state index in [0.717, 1.165) is 21.0 Å². The van der Waals surface area contributed by atoms with Crippen LogP contribution in [0.1, 0.15) is 21.2 Å². The molecule has 0 radical (unpaired) electrons. The van der Waals surface area contributed by atoms with Crippen LogP contribution in [0.3, 0.4) is 0 Å². The van der Waals surface area contributed by atoms with Gasteiger partial charge in [-0.3, -0.25) is 9.59 Å². The van der Waals surface area contributed by atoms with Crippen LogP contribution in [0.4, 0.5) is 10.8 Å². The van der Waals surface area contributed by atoms with Gasteiger partial charge in [0, 0.05) is 21.0 Å². The summed E-state index contributed by atoms with van der Waals surface area (Å²) in [7, 11) is 0. The molecule has 0 bridgehead atoms. The normalized spacial score (nSPS) is 11.6. The van der Waals surface area contributed by atoms with Crippen molar-refractivity contribution in [1.29, 1.82) is 0 Å².